The number of amides is 2. The van der Waals surface area contributed by atoms with Gasteiger partial charge in [-0.2, -0.15) is 13.2 Å². The molecule has 2 aromatic heterocycles. The lowest BCUT2D eigenvalue weighted by Crippen LogP contribution is -2.44. The first-order valence-corrected chi connectivity index (χ1v) is 10.4. The molecule has 1 aliphatic carbocycles. The fourth-order valence-electron chi connectivity index (χ4n) is 3.80. The molecule has 0 aromatic carbocycles. The van der Waals surface area contributed by atoms with E-state index < -0.39 is 30.4 Å². The van der Waals surface area contributed by atoms with Crippen molar-refractivity contribution >= 4 is 27.6 Å². The fourth-order valence-corrected chi connectivity index (χ4v) is 5.13. The number of hydrogen-bond acceptors (Lipinski definition) is 4. The van der Waals surface area contributed by atoms with Crippen molar-refractivity contribution in [3.8, 4) is 0 Å². The van der Waals surface area contributed by atoms with Crippen molar-refractivity contribution < 1.29 is 18.0 Å². The van der Waals surface area contributed by atoms with E-state index in [-0.39, 0.29) is 23.4 Å². The Morgan fingerprint density at radius 1 is 1.21 bits per heavy atom. The van der Waals surface area contributed by atoms with E-state index in [9.17, 15) is 27.6 Å². The SMILES string of the molecule is Cc1c(CN2CCNC2=O)sc2c1c(=O)n(C1CCC1)c(=O)n2CCC(F)(F)F. The van der Waals surface area contributed by atoms with Crippen molar-refractivity contribution in [1.29, 1.82) is 0 Å². The molecule has 0 spiro atoms. The van der Waals surface area contributed by atoms with Gasteiger partial charge in [0.05, 0.1) is 18.4 Å². The summed E-state index contributed by atoms with van der Waals surface area (Å²) >= 11 is 1.12. The van der Waals surface area contributed by atoms with Crippen molar-refractivity contribution in [2.45, 2.75) is 57.9 Å². The van der Waals surface area contributed by atoms with Gasteiger partial charge in [0.25, 0.3) is 5.56 Å². The van der Waals surface area contributed by atoms with Crippen molar-refractivity contribution in [2.24, 2.45) is 0 Å². The Bertz CT molecular complexity index is 1080. The second kappa shape index (κ2) is 7.19. The highest BCUT2D eigenvalue weighted by Gasteiger charge is 2.31. The van der Waals surface area contributed by atoms with Gasteiger partial charge in [0.15, 0.2) is 0 Å². The number of alkyl halides is 3. The molecular weight excluding hydrogens is 409 g/mol. The Balaban J connectivity index is 1.86. The molecular formula is C18H21F3N4O3S. The molecule has 2 fully saturated rings. The molecule has 2 amide bonds. The van der Waals surface area contributed by atoms with Crippen LogP contribution in [0, 0.1) is 6.92 Å². The zero-order valence-corrected chi connectivity index (χ0v) is 16.7. The first kappa shape index (κ1) is 20.0. The van der Waals surface area contributed by atoms with E-state index in [0.717, 1.165) is 26.9 Å². The highest BCUT2D eigenvalue weighted by molar-refractivity contribution is 7.18. The molecule has 0 radical (unpaired) electrons. The third-order valence-electron chi connectivity index (χ3n) is 5.68. The minimum atomic E-state index is -4.41. The van der Waals surface area contributed by atoms with Crippen LogP contribution >= 0.6 is 11.3 Å². The summed E-state index contributed by atoms with van der Waals surface area (Å²) in [6.45, 7) is 2.49. The van der Waals surface area contributed by atoms with E-state index in [1.165, 1.54) is 0 Å². The van der Waals surface area contributed by atoms with Crippen LogP contribution in [0.25, 0.3) is 10.2 Å². The standard InChI is InChI=1S/C18H21F3N4O3S/c1-10-12(9-23-8-6-22-16(23)27)29-15-13(10)14(26)25(11-3-2-4-11)17(28)24(15)7-5-18(19,20)21/h11H,2-9H2,1H3,(H,22,27). The van der Waals surface area contributed by atoms with Crippen LogP contribution in [-0.4, -0.2) is 39.3 Å². The maximum atomic E-state index is 13.1. The number of nitrogens with zero attached hydrogens (tertiary/aromatic N) is 3. The van der Waals surface area contributed by atoms with Gasteiger partial charge in [-0.25, -0.2) is 9.59 Å². The van der Waals surface area contributed by atoms with Crippen LogP contribution < -0.4 is 16.6 Å². The molecule has 29 heavy (non-hydrogen) atoms. The monoisotopic (exact) mass is 430 g/mol. The Kier molecular flexibility index (Phi) is 4.96. The van der Waals surface area contributed by atoms with Crippen LogP contribution in [-0.2, 0) is 13.1 Å². The third-order valence-corrected chi connectivity index (χ3v) is 6.98. The smallest absolute Gasteiger partial charge is 0.336 e. The summed E-state index contributed by atoms with van der Waals surface area (Å²) in [5.74, 6) is 0. The number of carbonyl (C=O) groups excluding carboxylic acids is 1. The molecule has 1 N–H and O–H groups in total. The predicted molar refractivity (Wildman–Crippen MR) is 102 cm³/mol. The Labute approximate surface area is 167 Å². The van der Waals surface area contributed by atoms with Crippen molar-refractivity contribution in [2.75, 3.05) is 13.1 Å². The minimum Gasteiger partial charge on any atom is -0.336 e. The van der Waals surface area contributed by atoms with Crippen LogP contribution in [0.3, 0.4) is 0 Å². The molecule has 158 valence electrons. The summed E-state index contributed by atoms with van der Waals surface area (Å²) in [5, 5.41) is 2.99. The molecule has 2 aromatic rings. The van der Waals surface area contributed by atoms with Crippen LogP contribution in [0.15, 0.2) is 9.59 Å². The molecule has 0 bridgehead atoms. The molecule has 3 heterocycles. The second-order valence-corrected chi connectivity index (χ2v) is 8.63. The topological polar surface area (TPSA) is 76.3 Å². The first-order chi connectivity index (χ1) is 13.7. The quantitative estimate of drug-likeness (QED) is 0.793. The van der Waals surface area contributed by atoms with Gasteiger partial charge in [-0.3, -0.25) is 13.9 Å². The Hall–Kier alpha value is -2.30. The predicted octanol–water partition coefficient (Wildman–Crippen LogP) is 2.74. The van der Waals surface area contributed by atoms with Gasteiger partial charge in [0.1, 0.15) is 4.83 Å². The molecule has 1 aliphatic heterocycles. The zero-order valence-electron chi connectivity index (χ0n) is 15.8. The highest BCUT2D eigenvalue weighted by Crippen LogP contribution is 2.33. The number of nitrogens with one attached hydrogen (secondary N) is 1. The van der Waals surface area contributed by atoms with Crippen molar-refractivity contribution in [3.63, 3.8) is 0 Å². The van der Waals surface area contributed by atoms with Gasteiger partial charge >= 0.3 is 17.9 Å². The fraction of sp³-hybridized carbons (Fsp3) is 0.611. The lowest BCUT2D eigenvalue weighted by atomic mass is 9.93. The van der Waals surface area contributed by atoms with E-state index in [2.05, 4.69) is 5.32 Å². The summed E-state index contributed by atoms with van der Waals surface area (Å²) < 4.78 is 40.8. The Morgan fingerprint density at radius 3 is 2.48 bits per heavy atom. The number of hydrogen-bond donors (Lipinski definition) is 1. The van der Waals surface area contributed by atoms with Gasteiger partial charge in [0.2, 0.25) is 0 Å². The van der Waals surface area contributed by atoms with Gasteiger partial charge in [-0.15, -0.1) is 11.3 Å². The summed E-state index contributed by atoms with van der Waals surface area (Å²) in [4.78, 5) is 40.5. The number of halogens is 3. The molecule has 2 aliphatic rings. The molecule has 4 rings (SSSR count). The largest absolute Gasteiger partial charge is 0.390 e. The minimum absolute atomic E-state index is 0.219. The van der Waals surface area contributed by atoms with Gasteiger partial charge in [0, 0.05) is 30.6 Å². The number of carbonyl (C=O) groups is 1. The summed E-state index contributed by atoms with van der Waals surface area (Å²) in [6.07, 6.45) is -3.33. The summed E-state index contributed by atoms with van der Waals surface area (Å²) in [7, 11) is 0. The summed E-state index contributed by atoms with van der Waals surface area (Å²) in [6, 6.07) is -0.480. The van der Waals surface area contributed by atoms with Gasteiger partial charge in [-0.1, -0.05) is 0 Å². The van der Waals surface area contributed by atoms with E-state index in [0.29, 0.717) is 41.8 Å². The number of aromatic nitrogens is 2. The number of thiophene rings is 1. The summed E-state index contributed by atoms with van der Waals surface area (Å²) in [5.41, 5.74) is -0.490. The van der Waals surface area contributed by atoms with Crippen molar-refractivity contribution in [1.82, 2.24) is 19.4 Å². The highest BCUT2D eigenvalue weighted by atomic mass is 32.1. The third kappa shape index (κ3) is 3.56. The van der Waals surface area contributed by atoms with Crippen LogP contribution in [0.2, 0.25) is 0 Å². The second-order valence-electron chi connectivity index (χ2n) is 7.54. The zero-order chi connectivity index (χ0) is 20.9. The van der Waals surface area contributed by atoms with Crippen LogP contribution in [0.1, 0.15) is 42.2 Å². The van der Waals surface area contributed by atoms with Crippen LogP contribution in [0.5, 0.6) is 0 Å². The van der Waals surface area contributed by atoms with E-state index in [4.69, 9.17) is 0 Å². The van der Waals surface area contributed by atoms with E-state index in [1.54, 1.807) is 11.8 Å². The van der Waals surface area contributed by atoms with Crippen molar-refractivity contribution in [3.05, 3.63) is 31.3 Å². The molecule has 7 nitrogen and oxygen atoms in total. The van der Waals surface area contributed by atoms with E-state index >= 15 is 0 Å². The Morgan fingerprint density at radius 2 is 1.93 bits per heavy atom. The number of rotatable bonds is 5. The lowest BCUT2D eigenvalue weighted by molar-refractivity contribution is -0.136. The molecule has 0 unspecified atom stereocenters. The molecule has 1 saturated heterocycles. The van der Waals surface area contributed by atoms with Gasteiger partial charge < -0.3 is 10.2 Å². The number of fused-ring (bicyclic) bond motifs is 1. The number of aryl methyl sites for hydroxylation is 2. The molecule has 11 heteroatoms. The molecule has 0 atom stereocenters. The maximum Gasteiger partial charge on any atom is 0.390 e. The molecule has 1 saturated carbocycles. The van der Waals surface area contributed by atoms with E-state index in [1.807, 2.05) is 0 Å². The first-order valence-electron chi connectivity index (χ1n) is 9.54. The number of urea groups is 1. The maximum absolute atomic E-state index is 13.1. The van der Waals surface area contributed by atoms with Crippen LogP contribution in [0.4, 0.5) is 18.0 Å². The lowest BCUT2D eigenvalue weighted by Gasteiger charge is -2.27. The average molecular weight is 430 g/mol. The van der Waals surface area contributed by atoms with Gasteiger partial charge in [-0.05, 0) is 31.7 Å². The normalized spacial score (nSPS) is 17.8. The average Bonchev–Trinajstić information content (AvgIpc) is 3.13.